The van der Waals surface area contributed by atoms with Gasteiger partial charge in [-0.05, 0) is 31.4 Å². The van der Waals surface area contributed by atoms with E-state index in [0.717, 1.165) is 12.8 Å². The Hall–Kier alpha value is -1.82. The molecule has 0 aromatic carbocycles. The van der Waals surface area contributed by atoms with E-state index in [9.17, 15) is 9.59 Å². The Kier molecular flexibility index (Phi) is 3.43. The number of hydrogen-bond acceptors (Lipinski definition) is 3. The van der Waals surface area contributed by atoms with E-state index in [1.54, 1.807) is 12.1 Å². The highest BCUT2D eigenvalue weighted by atomic mass is 16.7. The first-order valence-electron chi connectivity index (χ1n) is 5.49. The number of hydrogen-bond donors (Lipinski definition) is 2. The average molecular weight is 238 g/mol. The Morgan fingerprint density at radius 3 is 2.88 bits per heavy atom. The summed E-state index contributed by atoms with van der Waals surface area (Å²) >= 11 is 0. The third-order valence-corrected chi connectivity index (χ3v) is 2.84. The number of carboxylic acid groups (broad SMARTS) is 1. The van der Waals surface area contributed by atoms with Crippen molar-refractivity contribution in [1.82, 2.24) is 10.0 Å². The molecule has 0 saturated heterocycles. The Morgan fingerprint density at radius 2 is 2.29 bits per heavy atom. The number of hydroxylamine groups is 1. The minimum Gasteiger partial charge on any atom is -0.479 e. The number of aliphatic carboxylic acids is 1. The first-order chi connectivity index (χ1) is 8.18. The summed E-state index contributed by atoms with van der Waals surface area (Å²) in [7, 11) is 0. The number of nitrogens with one attached hydrogen (secondary N) is 1. The maximum absolute atomic E-state index is 11.7. The molecule has 0 atom stereocenters. The molecule has 0 spiro atoms. The summed E-state index contributed by atoms with van der Waals surface area (Å²) < 4.78 is 1.91. The number of carboxylic acids is 1. The molecule has 1 fully saturated rings. The van der Waals surface area contributed by atoms with E-state index >= 15 is 0 Å². The van der Waals surface area contributed by atoms with Crippen molar-refractivity contribution in [2.24, 2.45) is 0 Å². The lowest BCUT2D eigenvalue weighted by Crippen LogP contribution is -2.30. The Labute approximate surface area is 98.1 Å². The molecule has 0 radical (unpaired) electrons. The molecule has 1 amide bonds. The minimum absolute atomic E-state index is 0.380. The van der Waals surface area contributed by atoms with Crippen LogP contribution in [-0.4, -0.2) is 28.2 Å². The van der Waals surface area contributed by atoms with Crippen LogP contribution in [0.15, 0.2) is 18.3 Å². The van der Waals surface area contributed by atoms with Gasteiger partial charge in [0, 0.05) is 12.2 Å². The summed E-state index contributed by atoms with van der Waals surface area (Å²) in [5.74, 6) is -1.54. The average Bonchev–Trinajstić information content (AvgIpc) is 2.63. The topological polar surface area (TPSA) is 80.6 Å². The highest BCUT2D eigenvalue weighted by Gasteiger charge is 2.23. The smallest absolute Gasteiger partial charge is 0.332 e. The SMILES string of the molecule is O=C(O)CONC(=O)c1cccn1C1CCC1. The highest BCUT2D eigenvalue weighted by Crippen LogP contribution is 2.32. The molecule has 1 aliphatic rings. The Balaban J connectivity index is 1.94. The van der Waals surface area contributed by atoms with Gasteiger partial charge in [0.25, 0.3) is 5.91 Å². The van der Waals surface area contributed by atoms with Crippen molar-refractivity contribution < 1.29 is 19.5 Å². The van der Waals surface area contributed by atoms with Crippen LogP contribution in [0.5, 0.6) is 0 Å². The molecule has 0 aliphatic heterocycles. The van der Waals surface area contributed by atoms with Crippen LogP contribution in [0.1, 0.15) is 35.8 Å². The van der Waals surface area contributed by atoms with Crippen molar-refractivity contribution in [3.05, 3.63) is 24.0 Å². The molecule has 6 nitrogen and oxygen atoms in total. The van der Waals surface area contributed by atoms with Gasteiger partial charge in [0.1, 0.15) is 5.69 Å². The number of nitrogens with zero attached hydrogens (tertiary/aromatic N) is 1. The molecule has 6 heteroatoms. The Morgan fingerprint density at radius 1 is 1.53 bits per heavy atom. The minimum atomic E-state index is -1.13. The second-order valence-electron chi connectivity index (χ2n) is 4.00. The predicted molar refractivity (Wildman–Crippen MR) is 58.4 cm³/mol. The fraction of sp³-hybridized carbons (Fsp3) is 0.455. The van der Waals surface area contributed by atoms with E-state index in [0.29, 0.717) is 11.7 Å². The highest BCUT2D eigenvalue weighted by molar-refractivity contribution is 5.92. The van der Waals surface area contributed by atoms with E-state index in [1.807, 2.05) is 10.8 Å². The van der Waals surface area contributed by atoms with E-state index in [4.69, 9.17) is 5.11 Å². The molecule has 1 heterocycles. The van der Waals surface area contributed by atoms with Crippen molar-refractivity contribution in [2.45, 2.75) is 25.3 Å². The summed E-state index contributed by atoms with van der Waals surface area (Å²) in [5.41, 5.74) is 2.62. The van der Waals surface area contributed by atoms with Crippen LogP contribution in [0, 0.1) is 0 Å². The van der Waals surface area contributed by atoms with E-state index in [-0.39, 0.29) is 0 Å². The fourth-order valence-corrected chi connectivity index (χ4v) is 1.79. The molecule has 92 valence electrons. The first-order valence-corrected chi connectivity index (χ1v) is 5.49. The second-order valence-corrected chi connectivity index (χ2v) is 4.00. The van der Waals surface area contributed by atoms with Crippen LogP contribution in [0.4, 0.5) is 0 Å². The summed E-state index contributed by atoms with van der Waals surface area (Å²) in [4.78, 5) is 26.5. The predicted octanol–water partition coefficient (Wildman–Crippen LogP) is 0.959. The lowest BCUT2D eigenvalue weighted by atomic mass is 9.93. The van der Waals surface area contributed by atoms with Gasteiger partial charge in [0.05, 0.1) is 0 Å². The second kappa shape index (κ2) is 5.01. The fourth-order valence-electron chi connectivity index (χ4n) is 1.79. The summed E-state index contributed by atoms with van der Waals surface area (Å²) in [5, 5.41) is 8.37. The quantitative estimate of drug-likeness (QED) is 0.749. The summed E-state index contributed by atoms with van der Waals surface area (Å²) in [6.07, 6.45) is 5.19. The molecule has 1 saturated carbocycles. The molecular formula is C11H14N2O4. The number of amides is 1. The zero-order chi connectivity index (χ0) is 12.3. The van der Waals surface area contributed by atoms with Gasteiger partial charge in [-0.3, -0.25) is 9.63 Å². The van der Waals surface area contributed by atoms with Gasteiger partial charge in [0.15, 0.2) is 6.61 Å². The first kappa shape index (κ1) is 11.7. The van der Waals surface area contributed by atoms with Crippen molar-refractivity contribution in [3.8, 4) is 0 Å². The van der Waals surface area contributed by atoms with Gasteiger partial charge in [-0.2, -0.15) is 0 Å². The van der Waals surface area contributed by atoms with E-state index in [1.165, 1.54) is 6.42 Å². The maximum Gasteiger partial charge on any atom is 0.332 e. The van der Waals surface area contributed by atoms with Crippen molar-refractivity contribution in [2.75, 3.05) is 6.61 Å². The maximum atomic E-state index is 11.7. The van der Waals surface area contributed by atoms with Gasteiger partial charge < -0.3 is 9.67 Å². The van der Waals surface area contributed by atoms with Crippen LogP contribution in [0.25, 0.3) is 0 Å². The van der Waals surface area contributed by atoms with Crippen molar-refractivity contribution >= 4 is 11.9 Å². The van der Waals surface area contributed by atoms with Crippen LogP contribution in [-0.2, 0) is 9.63 Å². The third kappa shape index (κ3) is 2.65. The zero-order valence-corrected chi connectivity index (χ0v) is 9.26. The number of carbonyl (C=O) groups is 2. The standard InChI is InChI=1S/C11H14N2O4/c14-10(15)7-17-12-11(16)9-5-2-6-13(9)8-3-1-4-8/h2,5-6,8H,1,3-4,7H2,(H,12,16)(H,14,15). The molecule has 1 aromatic heterocycles. The van der Waals surface area contributed by atoms with Crippen LogP contribution in [0.3, 0.4) is 0 Å². The van der Waals surface area contributed by atoms with Crippen molar-refractivity contribution in [3.63, 3.8) is 0 Å². The van der Waals surface area contributed by atoms with Gasteiger partial charge in [-0.25, -0.2) is 10.3 Å². The summed E-state index contributed by atoms with van der Waals surface area (Å²) in [6, 6.07) is 3.87. The largest absolute Gasteiger partial charge is 0.479 e. The lowest BCUT2D eigenvalue weighted by Gasteiger charge is -2.28. The summed E-state index contributed by atoms with van der Waals surface area (Å²) in [6.45, 7) is -0.546. The molecule has 1 aliphatic carbocycles. The van der Waals surface area contributed by atoms with Crippen LogP contribution < -0.4 is 5.48 Å². The third-order valence-electron chi connectivity index (χ3n) is 2.84. The normalized spacial score (nSPS) is 15.3. The molecular weight excluding hydrogens is 224 g/mol. The molecule has 2 N–H and O–H groups in total. The molecule has 0 unspecified atom stereocenters. The van der Waals surface area contributed by atoms with Gasteiger partial charge >= 0.3 is 5.97 Å². The van der Waals surface area contributed by atoms with Gasteiger partial charge in [-0.15, -0.1) is 0 Å². The van der Waals surface area contributed by atoms with Crippen LogP contribution >= 0.6 is 0 Å². The van der Waals surface area contributed by atoms with Crippen molar-refractivity contribution in [1.29, 1.82) is 0 Å². The number of carbonyl (C=O) groups excluding carboxylic acids is 1. The molecule has 17 heavy (non-hydrogen) atoms. The van der Waals surface area contributed by atoms with E-state index < -0.39 is 18.5 Å². The van der Waals surface area contributed by atoms with Gasteiger partial charge in [0.2, 0.25) is 0 Å². The zero-order valence-electron chi connectivity index (χ0n) is 9.26. The number of aromatic nitrogens is 1. The lowest BCUT2D eigenvalue weighted by molar-refractivity contribution is -0.144. The van der Waals surface area contributed by atoms with Gasteiger partial charge in [-0.1, -0.05) is 0 Å². The van der Waals surface area contributed by atoms with E-state index in [2.05, 4.69) is 10.3 Å². The molecule has 0 bridgehead atoms. The Bertz CT molecular complexity index is 423. The number of rotatable bonds is 5. The molecule has 1 aromatic rings. The molecule has 2 rings (SSSR count). The monoisotopic (exact) mass is 238 g/mol. The van der Waals surface area contributed by atoms with Crippen LogP contribution in [0.2, 0.25) is 0 Å².